The fourth-order valence-corrected chi connectivity index (χ4v) is 2.69. The molecule has 0 fully saturated rings. The fourth-order valence-electron chi connectivity index (χ4n) is 2.69. The van der Waals surface area contributed by atoms with Crippen LogP contribution in [-0.4, -0.2) is 19.9 Å². The van der Waals surface area contributed by atoms with E-state index in [0.717, 1.165) is 0 Å². The molecule has 4 aromatic rings. The third-order valence-corrected chi connectivity index (χ3v) is 3.70. The van der Waals surface area contributed by atoms with Gasteiger partial charge in [0.15, 0.2) is 5.69 Å². The van der Waals surface area contributed by atoms with Crippen molar-refractivity contribution in [3.8, 4) is 11.4 Å². The number of nitro groups is 1. The van der Waals surface area contributed by atoms with Crippen molar-refractivity contribution in [3.05, 3.63) is 69.0 Å². The number of nitrogens with zero attached hydrogens (tertiary/aromatic N) is 2. The van der Waals surface area contributed by atoms with Crippen molar-refractivity contribution in [3.63, 3.8) is 0 Å². The minimum Gasteiger partial charge on any atom is -0.347 e. The predicted molar refractivity (Wildman–Crippen MR) is 86.3 cm³/mol. The molecule has 0 saturated carbocycles. The summed E-state index contributed by atoms with van der Waals surface area (Å²) < 4.78 is 0. The van der Waals surface area contributed by atoms with Crippen LogP contribution in [0.25, 0.3) is 33.3 Å². The third kappa shape index (κ3) is 1.98. The van der Waals surface area contributed by atoms with Gasteiger partial charge in [0.2, 0.25) is 0 Å². The lowest BCUT2D eigenvalue weighted by Crippen LogP contribution is -2.12. The summed E-state index contributed by atoms with van der Waals surface area (Å²) in [5.74, 6) is 0. The number of fused-ring (bicyclic) bond motifs is 2. The molecule has 0 spiro atoms. The Morgan fingerprint density at radius 1 is 0.957 bits per heavy atom. The summed E-state index contributed by atoms with van der Waals surface area (Å²) in [4.78, 5) is 33.3. The van der Waals surface area contributed by atoms with E-state index in [9.17, 15) is 14.9 Å². The molecule has 0 amide bonds. The first-order chi connectivity index (χ1) is 11.1. The SMILES string of the molecule is O=c1[nH]c2ccccc2nc1-c1[nH]c2ccccc2c1[N+](=O)[O-]. The highest BCUT2D eigenvalue weighted by atomic mass is 16.6. The highest BCUT2D eigenvalue weighted by Gasteiger charge is 2.25. The van der Waals surface area contributed by atoms with Crippen LogP contribution in [0.5, 0.6) is 0 Å². The monoisotopic (exact) mass is 306 g/mol. The maximum Gasteiger partial charge on any atom is 0.304 e. The molecule has 2 N–H and O–H groups in total. The largest absolute Gasteiger partial charge is 0.347 e. The summed E-state index contributed by atoms with van der Waals surface area (Å²) in [6, 6.07) is 13.9. The Morgan fingerprint density at radius 2 is 1.65 bits per heavy atom. The topological polar surface area (TPSA) is 105 Å². The maximum atomic E-state index is 12.3. The Kier molecular flexibility index (Phi) is 2.74. The average molecular weight is 306 g/mol. The molecule has 7 nitrogen and oxygen atoms in total. The van der Waals surface area contributed by atoms with Crippen molar-refractivity contribution >= 4 is 27.6 Å². The van der Waals surface area contributed by atoms with E-state index in [1.165, 1.54) is 0 Å². The number of hydrogen-bond acceptors (Lipinski definition) is 4. The second-order valence-corrected chi connectivity index (χ2v) is 5.08. The van der Waals surface area contributed by atoms with Gasteiger partial charge >= 0.3 is 5.69 Å². The lowest BCUT2D eigenvalue weighted by atomic mass is 10.2. The fraction of sp³-hybridized carbons (Fsp3) is 0. The molecule has 0 atom stereocenters. The summed E-state index contributed by atoms with van der Waals surface area (Å²) in [6.07, 6.45) is 0. The second-order valence-electron chi connectivity index (χ2n) is 5.08. The third-order valence-electron chi connectivity index (χ3n) is 3.70. The van der Waals surface area contributed by atoms with E-state index in [4.69, 9.17) is 0 Å². The first-order valence-electron chi connectivity index (χ1n) is 6.89. The quantitative estimate of drug-likeness (QED) is 0.438. The van der Waals surface area contributed by atoms with Crippen molar-refractivity contribution in [2.24, 2.45) is 0 Å². The number of nitrogens with one attached hydrogen (secondary N) is 2. The standard InChI is InChI=1S/C16H10N4O3/c21-16-14(18-11-7-3-4-8-12(11)19-16)13-15(20(22)23)9-5-1-2-6-10(9)17-13/h1-8,17H,(H,19,21). The highest BCUT2D eigenvalue weighted by molar-refractivity contribution is 5.97. The van der Waals surface area contributed by atoms with Gasteiger partial charge in [-0.1, -0.05) is 24.3 Å². The first kappa shape index (κ1) is 13.2. The smallest absolute Gasteiger partial charge is 0.304 e. The summed E-state index contributed by atoms with van der Waals surface area (Å²) in [7, 11) is 0. The van der Waals surface area contributed by atoms with Gasteiger partial charge < -0.3 is 9.97 Å². The van der Waals surface area contributed by atoms with Gasteiger partial charge in [0.1, 0.15) is 5.69 Å². The number of hydrogen-bond donors (Lipinski definition) is 2. The van der Waals surface area contributed by atoms with Gasteiger partial charge in [0, 0.05) is 0 Å². The summed E-state index contributed by atoms with van der Waals surface area (Å²) >= 11 is 0. The number of aromatic amines is 2. The van der Waals surface area contributed by atoms with Crippen LogP contribution in [0.15, 0.2) is 53.3 Å². The van der Waals surface area contributed by atoms with Crippen molar-refractivity contribution in [1.82, 2.24) is 15.0 Å². The average Bonchev–Trinajstić information content (AvgIpc) is 2.93. The maximum absolute atomic E-state index is 12.3. The predicted octanol–water partition coefficient (Wildman–Crippen LogP) is 2.98. The molecule has 0 radical (unpaired) electrons. The summed E-state index contributed by atoms with van der Waals surface area (Å²) in [5, 5.41) is 11.9. The molecule has 7 heteroatoms. The van der Waals surface area contributed by atoms with Gasteiger partial charge in [-0.05, 0) is 24.3 Å². The van der Waals surface area contributed by atoms with Crippen molar-refractivity contribution in [2.75, 3.05) is 0 Å². The Balaban J connectivity index is 2.10. The van der Waals surface area contributed by atoms with Gasteiger partial charge in [-0.15, -0.1) is 0 Å². The van der Waals surface area contributed by atoms with E-state index in [1.54, 1.807) is 48.5 Å². The molecule has 4 rings (SSSR count). The van der Waals surface area contributed by atoms with E-state index < -0.39 is 10.5 Å². The number of para-hydroxylation sites is 3. The minimum absolute atomic E-state index is 0.00611. The molecule has 0 unspecified atom stereocenters. The molecule has 0 bridgehead atoms. The zero-order chi connectivity index (χ0) is 16.0. The lowest BCUT2D eigenvalue weighted by Gasteiger charge is -2.00. The van der Waals surface area contributed by atoms with Crippen LogP contribution < -0.4 is 5.56 Å². The molecule has 112 valence electrons. The van der Waals surface area contributed by atoms with Gasteiger partial charge in [-0.2, -0.15) is 0 Å². The van der Waals surface area contributed by atoms with E-state index in [2.05, 4.69) is 15.0 Å². The van der Waals surface area contributed by atoms with E-state index in [0.29, 0.717) is 21.9 Å². The lowest BCUT2D eigenvalue weighted by molar-refractivity contribution is -0.382. The molecule has 2 aromatic carbocycles. The Hall–Kier alpha value is -3.48. The molecule has 0 aliphatic rings. The normalized spacial score (nSPS) is 11.1. The van der Waals surface area contributed by atoms with E-state index >= 15 is 0 Å². The van der Waals surface area contributed by atoms with Crippen LogP contribution in [0, 0.1) is 10.1 Å². The van der Waals surface area contributed by atoms with Gasteiger partial charge in [0.05, 0.1) is 26.9 Å². The Labute approximate surface area is 128 Å². The van der Waals surface area contributed by atoms with Crippen molar-refractivity contribution in [1.29, 1.82) is 0 Å². The molecule has 0 aliphatic heterocycles. The molecule has 23 heavy (non-hydrogen) atoms. The van der Waals surface area contributed by atoms with Gasteiger partial charge in [-0.25, -0.2) is 4.98 Å². The van der Waals surface area contributed by atoms with Crippen LogP contribution >= 0.6 is 0 Å². The van der Waals surface area contributed by atoms with Crippen molar-refractivity contribution in [2.45, 2.75) is 0 Å². The molecule has 2 aromatic heterocycles. The van der Waals surface area contributed by atoms with Crippen LogP contribution in [0.1, 0.15) is 0 Å². The van der Waals surface area contributed by atoms with Crippen LogP contribution in [0.2, 0.25) is 0 Å². The highest BCUT2D eigenvalue weighted by Crippen LogP contribution is 2.34. The number of aromatic nitrogens is 3. The zero-order valence-corrected chi connectivity index (χ0v) is 11.7. The van der Waals surface area contributed by atoms with Crippen LogP contribution in [-0.2, 0) is 0 Å². The molecule has 0 saturated heterocycles. The number of H-pyrrole nitrogens is 2. The summed E-state index contributed by atoms with van der Waals surface area (Å²) in [5.41, 5.74) is 1.24. The zero-order valence-electron chi connectivity index (χ0n) is 11.7. The van der Waals surface area contributed by atoms with Gasteiger partial charge in [0.25, 0.3) is 5.56 Å². The second kappa shape index (κ2) is 4.77. The molecular formula is C16H10N4O3. The van der Waals surface area contributed by atoms with E-state index in [-0.39, 0.29) is 17.1 Å². The summed E-state index contributed by atoms with van der Waals surface area (Å²) in [6.45, 7) is 0. The van der Waals surface area contributed by atoms with Gasteiger partial charge in [-0.3, -0.25) is 14.9 Å². The van der Waals surface area contributed by atoms with Crippen molar-refractivity contribution < 1.29 is 4.92 Å². The van der Waals surface area contributed by atoms with Crippen LogP contribution in [0.4, 0.5) is 5.69 Å². The molecule has 0 aliphatic carbocycles. The Morgan fingerprint density at radius 3 is 2.43 bits per heavy atom. The number of benzene rings is 2. The molecule has 2 heterocycles. The number of rotatable bonds is 2. The van der Waals surface area contributed by atoms with E-state index in [1.807, 2.05) is 0 Å². The molecular weight excluding hydrogens is 296 g/mol. The first-order valence-corrected chi connectivity index (χ1v) is 6.89. The van der Waals surface area contributed by atoms with Crippen LogP contribution in [0.3, 0.4) is 0 Å². The Bertz CT molecular complexity index is 1130. The minimum atomic E-state index is -0.496.